The molecule has 6 heteroatoms. The van der Waals surface area contributed by atoms with Gasteiger partial charge in [-0.2, -0.15) is 0 Å². The Hall–Kier alpha value is -3.08. The Kier molecular flexibility index (Phi) is 6.40. The molecule has 0 aliphatic rings. The van der Waals surface area contributed by atoms with E-state index >= 15 is 0 Å². The van der Waals surface area contributed by atoms with Crippen LogP contribution in [0.1, 0.15) is 22.8 Å². The van der Waals surface area contributed by atoms with Gasteiger partial charge in [0.1, 0.15) is 12.4 Å². The molecule has 1 heterocycles. The predicted molar refractivity (Wildman–Crippen MR) is 124 cm³/mol. The van der Waals surface area contributed by atoms with E-state index in [4.69, 9.17) is 37.7 Å². The highest BCUT2D eigenvalue weighted by atomic mass is 35.5. The minimum absolute atomic E-state index is 0.0881. The van der Waals surface area contributed by atoms with E-state index in [1.54, 1.807) is 24.3 Å². The summed E-state index contributed by atoms with van der Waals surface area (Å²) in [7, 11) is 0. The fraction of sp³-hybridized carbons (Fsp3) is 0.120. The first kappa shape index (κ1) is 21.2. The number of esters is 1. The molecule has 0 aliphatic heterocycles. The maximum Gasteiger partial charge on any atom is 0.339 e. The molecule has 0 aliphatic carbocycles. The summed E-state index contributed by atoms with van der Waals surface area (Å²) in [5.41, 5.74) is 3.49. The molecule has 0 fully saturated rings. The van der Waals surface area contributed by atoms with Crippen LogP contribution in [0.2, 0.25) is 10.0 Å². The van der Waals surface area contributed by atoms with E-state index in [0.717, 1.165) is 27.8 Å². The summed E-state index contributed by atoms with van der Waals surface area (Å²) < 4.78 is 11.1. The van der Waals surface area contributed by atoms with Crippen molar-refractivity contribution >= 4 is 40.1 Å². The molecule has 0 unspecified atom stereocenters. The summed E-state index contributed by atoms with van der Waals surface area (Å²) in [6.45, 7) is 2.63. The second-order valence-corrected chi connectivity index (χ2v) is 7.67. The number of carbonyl (C=O) groups excluding carboxylic acids is 1. The SMILES string of the molecule is CCOc1ccc(-c2cc(C(=O)OCc3ccc(Cl)c(Cl)c3)c3ccccc3n2)cc1. The minimum Gasteiger partial charge on any atom is -0.494 e. The highest BCUT2D eigenvalue weighted by molar-refractivity contribution is 6.42. The highest BCUT2D eigenvalue weighted by Crippen LogP contribution is 2.28. The van der Waals surface area contributed by atoms with Gasteiger partial charge in [0.25, 0.3) is 0 Å². The number of ether oxygens (including phenoxy) is 2. The quantitative estimate of drug-likeness (QED) is 0.297. The van der Waals surface area contributed by atoms with E-state index in [1.807, 2.05) is 55.5 Å². The van der Waals surface area contributed by atoms with Gasteiger partial charge >= 0.3 is 5.97 Å². The van der Waals surface area contributed by atoms with Crippen LogP contribution in [0, 0.1) is 0 Å². The Morgan fingerprint density at radius 3 is 2.45 bits per heavy atom. The molecule has 4 aromatic rings. The smallest absolute Gasteiger partial charge is 0.339 e. The van der Waals surface area contributed by atoms with Crippen LogP contribution >= 0.6 is 23.2 Å². The van der Waals surface area contributed by atoms with Gasteiger partial charge in [0.2, 0.25) is 0 Å². The fourth-order valence-electron chi connectivity index (χ4n) is 3.24. The third-order valence-corrected chi connectivity index (χ3v) is 5.49. The third-order valence-electron chi connectivity index (χ3n) is 4.75. The number of rotatable bonds is 6. The van der Waals surface area contributed by atoms with Crippen molar-refractivity contribution in [3.63, 3.8) is 0 Å². The largest absolute Gasteiger partial charge is 0.494 e. The molecule has 4 nitrogen and oxygen atoms in total. The van der Waals surface area contributed by atoms with E-state index in [-0.39, 0.29) is 6.61 Å². The topological polar surface area (TPSA) is 48.4 Å². The van der Waals surface area contributed by atoms with Crippen LogP contribution in [-0.4, -0.2) is 17.6 Å². The van der Waals surface area contributed by atoms with Gasteiger partial charge in [-0.1, -0.05) is 47.5 Å². The minimum atomic E-state index is -0.433. The van der Waals surface area contributed by atoms with Crippen molar-refractivity contribution in [1.82, 2.24) is 4.98 Å². The lowest BCUT2D eigenvalue weighted by Gasteiger charge is -2.11. The first-order valence-electron chi connectivity index (χ1n) is 9.79. The lowest BCUT2D eigenvalue weighted by atomic mass is 10.0. The normalized spacial score (nSPS) is 10.8. The van der Waals surface area contributed by atoms with Crippen LogP contribution in [0.5, 0.6) is 5.75 Å². The number of pyridine rings is 1. The van der Waals surface area contributed by atoms with Crippen molar-refractivity contribution in [2.45, 2.75) is 13.5 Å². The number of aromatic nitrogens is 1. The Labute approximate surface area is 190 Å². The fourth-order valence-corrected chi connectivity index (χ4v) is 3.56. The molecule has 0 radical (unpaired) electrons. The molecule has 0 amide bonds. The van der Waals surface area contributed by atoms with Crippen molar-refractivity contribution < 1.29 is 14.3 Å². The maximum atomic E-state index is 13.0. The molecule has 0 spiro atoms. The van der Waals surface area contributed by atoms with Crippen LogP contribution in [0.4, 0.5) is 0 Å². The molecule has 31 heavy (non-hydrogen) atoms. The molecular weight excluding hydrogens is 433 g/mol. The van der Waals surface area contributed by atoms with E-state index in [0.29, 0.717) is 27.9 Å². The molecule has 4 rings (SSSR count). The highest BCUT2D eigenvalue weighted by Gasteiger charge is 2.16. The second-order valence-electron chi connectivity index (χ2n) is 6.85. The lowest BCUT2D eigenvalue weighted by molar-refractivity contribution is 0.0475. The van der Waals surface area contributed by atoms with Crippen LogP contribution in [0.25, 0.3) is 22.2 Å². The number of fused-ring (bicyclic) bond motifs is 1. The standard InChI is InChI=1S/C25H19Cl2NO3/c1-2-30-18-10-8-17(9-11-18)24-14-20(19-5-3-4-6-23(19)28-24)25(29)31-15-16-7-12-21(26)22(27)13-16/h3-14H,2,15H2,1H3. The zero-order chi connectivity index (χ0) is 21.8. The monoisotopic (exact) mass is 451 g/mol. The average molecular weight is 452 g/mol. The van der Waals surface area contributed by atoms with Gasteiger partial charge in [-0.3, -0.25) is 0 Å². The van der Waals surface area contributed by atoms with Crippen LogP contribution in [0.15, 0.2) is 72.8 Å². The number of hydrogen-bond acceptors (Lipinski definition) is 4. The maximum absolute atomic E-state index is 13.0. The van der Waals surface area contributed by atoms with Gasteiger partial charge in [0.15, 0.2) is 0 Å². The van der Waals surface area contributed by atoms with E-state index < -0.39 is 5.97 Å². The number of hydrogen-bond donors (Lipinski definition) is 0. The molecule has 3 aromatic carbocycles. The molecule has 0 atom stereocenters. The Balaban J connectivity index is 1.65. The van der Waals surface area contributed by atoms with E-state index in [2.05, 4.69) is 0 Å². The van der Waals surface area contributed by atoms with Gasteiger partial charge in [-0.15, -0.1) is 0 Å². The van der Waals surface area contributed by atoms with Crippen molar-refractivity contribution in [2.75, 3.05) is 6.61 Å². The first-order chi connectivity index (χ1) is 15.0. The molecular formula is C25H19Cl2NO3. The number of halogens is 2. The first-order valence-corrected chi connectivity index (χ1v) is 10.5. The summed E-state index contributed by atoms with van der Waals surface area (Å²) in [5.74, 6) is 0.352. The molecule has 156 valence electrons. The molecule has 0 saturated carbocycles. The lowest BCUT2D eigenvalue weighted by Crippen LogP contribution is -2.07. The number of nitrogens with zero attached hydrogens (tertiary/aromatic N) is 1. The van der Waals surface area contributed by atoms with Crippen LogP contribution < -0.4 is 4.74 Å². The van der Waals surface area contributed by atoms with Crippen LogP contribution in [-0.2, 0) is 11.3 Å². The van der Waals surface area contributed by atoms with Crippen molar-refractivity contribution in [1.29, 1.82) is 0 Å². The Morgan fingerprint density at radius 2 is 1.71 bits per heavy atom. The average Bonchev–Trinajstić information content (AvgIpc) is 2.79. The number of benzene rings is 3. The van der Waals surface area contributed by atoms with Gasteiger partial charge in [0, 0.05) is 10.9 Å². The van der Waals surface area contributed by atoms with Gasteiger partial charge in [-0.05, 0) is 61.0 Å². The van der Waals surface area contributed by atoms with Crippen LogP contribution in [0.3, 0.4) is 0 Å². The zero-order valence-corrected chi connectivity index (χ0v) is 18.3. The number of carbonyl (C=O) groups is 1. The molecule has 1 aromatic heterocycles. The summed E-state index contributed by atoms with van der Waals surface area (Å²) in [5, 5.41) is 1.61. The zero-order valence-electron chi connectivity index (χ0n) is 16.8. The van der Waals surface area contributed by atoms with Crippen molar-refractivity contribution in [3.05, 3.63) is 94.0 Å². The summed E-state index contributed by atoms with van der Waals surface area (Å²) in [6.07, 6.45) is 0. The van der Waals surface area contributed by atoms with Gasteiger partial charge in [-0.25, -0.2) is 9.78 Å². The van der Waals surface area contributed by atoms with Crippen molar-refractivity contribution in [2.24, 2.45) is 0 Å². The van der Waals surface area contributed by atoms with Gasteiger partial charge in [0.05, 0.1) is 33.4 Å². The predicted octanol–water partition coefficient (Wildman–Crippen LogP) is 6.96. The second kappa shape index (κ2) is 9.38. The Bertz CT molecular complexity index is 1240. The third kappa shape index (κ3) is 4.82. The molecule has 0 saturated heterocycles. The molecule has 0 N–H and O–H groups in total. The van der Waals surface area contributed by atoms with E-state index in [1.165, 1.54) is 0 Å². The summed E-state index contributed by atoms with van der Waals surface area (Å²) in [6, 6.07) is 22.0. The van der Waals surface area contributed by atoms with Crippen molar-refractivity contribution in [3.8, 4) is 17.0 Å². The Morgan fingerprint density at radius 1 is 0.935 bits per heavy atom. The molecule has 0 bridgehead atoms. The number of para-hydroxylation sites is 1. The summed E-state index contributed by atoms with van der Waals surface area (Å²) >= 11 is 12.0. The summed E-state index contributed by atoms with van der Waals surface area (Å²) in [4.78, 5) is 17.7. The van der Waals surface area contributed by atoms with Gasteiger partial charge < -0.3 is 9.47 Å². The van der Waals surface area contributed by atoms with E-state index in [9.17, 15) is 4.79 Å².